The highest BCUT2D eigenvalue weighted by Gasteiger charge is 2.19. The molecule has 0 amide bonds. The predicted octanol–water partition coefficient (Wildman–Crippen LogP) is 3.41. The van der Waals surface area contributed by atoms with Crippen LogP contribution < -0.4 is 0 Å². The van der Waals surface area contributed by atoms with E-state index in [2.05, 4.69) is 11.5 Å². The Morgan fingerprint density at radius 2 is 1.83 bits per heavy atom. The van der Waals surface area contributed by atoms with Crippen LogP contribution in [-0.2, 0) is 4.89 Å². The Kier molecular flexibility index (Phi) is 8.22. The van der Waals surface area contributed by atoms with Gasteiger partial charge in [0.25, 0.3) is 0 Å². The van der Waals surface area contributed by atoms with E-state index in [0.29, 0.717) is 0 Å². The van der Waals surface area contributed by atoms with Crippen molar-refractivity contribution in [3.05, 3.63) is 24.3 Å². The van der Waals surface area contributed by atoms with Crippen molar-refractivity contribution in [2.45, 2.75) is 40.2 Å². The minimum absolute atomic E-state index is 0.603. The Morgan fingerprint density at radius 1 is 1.42 bits per heavy atom. The topological polar surface area (TPSA) is 29.5 Å². The van der Waals surface area contributed by atoms with Crippen molar-refractivity contribution in [2.24, 2.45) is 0 Å². The van der Waals surface area contributed by atoms with Crippen LogP contribution in [0.25, 0.3) is 0 Å². The first kappa shape index (κ1) is 14.0. The summed E-state index contributed by atoms with van der Waals surface area (Å²) >= 11 is 0. The molecule has 0 aromatic carbocycles. The van der Waals surface area contributed by atoms with Crippen LogP contribution in [0, 0.1) is 0 Å². The zero-order valence-corrected chi connectivity index (χ0v) is 8.72. The van der Waals surface area contributed by atoms with E-state index in [-0.39, 0.29) is 0 Å². The van der Waals surface area contributed by atoms with Gasteiger partial charge in [-0.05, 0) is 26.3 Å². The lowest BCUT2D eigenvalue weighted by Crippen LogP contribution is -2.23. The molecule has 0 aromatic heterocycles. The maximum absolute atomic E-state index is 8.42. The van der Waals surface area contributed by atoms with Gasteiger partial charge >= 0.3 is 0 Å². The summed E-state index contributed by atoms with van der Waals surface area (Å²) in [5.74, 6) is 0. The molecule has 0 saturated heterocycles. The lowest BCUT2D eigenvalue weighted by Gasteiger charge is -2.20. The standard InChI is InChI=1S/C8H14O2.C2H6/c1-5-6-7(2)8(3,4)10-9;1-2/h5-6,9H,1H2,2-4H3;1-2H3/b7-6+;. The van der Waals surface area contributed by atoms with E-state index < -0.39 is 5.60 Å². The summed E-state index contributed by atoms with van der Waals surface area (Å²) in [5, 5.41) is 8.42. The molecule has 0 aliphatic rings. The molecule has 0 aliphatic carbocycles. The van der Waals surface area contributed by atoms with E-state index in [1.807, 2.05) is 20.8 Å². The summed E-state index contributed by atoms with van der Waals surface area (Å²) in [6, 6.07) is 0. The fourth-order valence-electron chi connectivity index (χ4n) is 0.449. The second-order valence-corrected chi connectivity index (χ2v) is 2.69. The average Bonchev–Trinajstić information content (AvgIpc) is 2.08. The number of allylic oxidation sites excluding steroid dienone is 2. The van der Waals surface area contributed by atoms with Crippen LogP contribution in [-0.4, -0.2) is 10.9 Å². The molecule has 2 nitrogen and oxygen atoms in total. The van der Waals surface area contributed by atoms with Gasteiger partial charge in [-0.2, -0.15) is 0 Å². The van der Waals surface area contributed by atoms with Crippen LogP contribution in [0.1, 0.15) is 34.6 Å². The summed E-state index contributed by atoms with van der Waals surface area (Å²) in [7, 11) is 0. The van der Waals surface area contributed by atoms with Crippen molar-refractivity contribution in [3.8, 4) is 0 Å². The van der Waals surface area contributed by atoms with Crippen molar-refractivity contribution in [1.82, 2.24) is 0 Å². The molecule has 0 atom stereocenters. The number of hydrogen-bond acceptors (Lipinski definition) is 2. The van der Waals surface area contributed by atoms with E-state index in [4.69, 9.17) is 5.26 Å². The molecule has 12 heavy (non-hydrogen) atoms. The van der Waals surface area contributed by atoms with Crippen molar-refractivity contribution in [2.75, 3.05) is 0 Å². The zero-order chi connectivity index (χ0) is 10.2. The molecular formula is C10H20O2. The van der Waals surface area contributed by atoms with Gasteiger partial charge in [0.15, 0.2) is 0 Å². The first-order valence-electron chi connectivity index (χ1n) is 4.17. The summed E-state index contributed by atoms with van der Waals surface area (Å²) < 4.78 is 0. The van der Waals surface area contributed by atoms with Crippen molar-refractivity contribution >= 4 is 0 Å². The van der Waals surface area contributed by atoms with Gasteiger partial charge in [-0.3, -0.25) is 5.26 Å². The fourth-order valence-corrected chi connectivity index (χ4v) is 0.449. The van der Waals surface area contributed by atoms with E-state index in [9.17, 15) is 0 Å². The van der Waals surface area contributed by atoms with Crippen LogP contribution in [0.15, 0.2) is 24.3 Å². The normalized spacial score (nSPS) is 11.7. The lowest BCUT2D eigenvalue weighted by atomic mass is 10.00. The summed E-state index contributed by atoms with van der Waals surface area (Å²) in [6.45, 7) is 13.0. The van der Waals surface area contributed by atoms with Crippen LogP contribution in [0.4, 0.5) is 0 Å². The Hall–Kier alpha value is -0.600. The minimum Gasteiger partial charge on any atom is -0.251 e. The Morgan fingerprint density at radius 3 is 2.08 bits per heavy atom. The highest BCUT2D eigenvalue weighted by atomic mass is 17.1. The third kappa shape index (κ3) is 5.10. The fraction of sp³-hybridized carbons (Fsp3) is 0.600. The van der Waals surface area contributed by atoms with E-state index in [1.54, 1.807) is 26.0 Å². The zero-order valence-electron chi connectivity index (χ0n) is 8.72. The lowest BCUT2D eigenvalue weighted by molar-refractivity contribution is -0.300. The molecule has 2 heteroatoms. The third-order valence-electron chi connectivity index (χ3n) is 1.55. The van der Waals surface area contributed by atoms with Gasteiger partial charge in [-0.25, -0.2) is 4.89 Å². The largest absolute Gasteiger partial charge is 0.251 e. The van der Waals surface area contributed by atoms with E-state index in [0.717, 1.165) is 5.57 Å². The van der Waals surface area contributed by atoms with Crippen molar-refractivity contribution < 1.29 is 10.1 Å². The van der Waals surface area contributed by atoms with Crippen molar-refractivity contribution in [1.29, 1.82) is 0 Å². The van der Waals surface area contributed by atoms with Crippen LogP contribution in [0.2, 0.25) is 0 Å². The van der Waals surface area contributed by atoms with E-state index >= 15 is 0 Å². The highest BCUT2D eigenvalue weighted by Crippen LogP contribution is 2.18. The quantitative estimate of drug-likeness (QED) is 0.401. The van der Waals surface area contributed by atoms with Gasteiger partial charge in [-0.15, -0.1) is 0 Å². The van der Waals surface area contributed by atoms with Gasteiger partial charge in [0.1, 0.15) is 5.60 Å². The second-order valence-electron chi connectivity index (χ2n) is 2.69. The average molecular weight is 172 g/mol. The maximum atomic E-state index is 8.42. The van der Waals surface area contributed by atoms with Crippen LogP contribution >= 0.6 is 0 Å². The van der Waals surface area contributed by atoms with Gasteiger partial charge in [-0.1, -0.05) is 32.6 Å². The molecule has 0 saturated carbocycles. The predicted molar refractivity (Wildman–Crippen MR) is 53.1 cm³/mol. The molecular weight excluding hydrogens is 152 g/mol. The molecule has 72 valence electrons. The van der Waals surface area contributed by atoms with Gasteiger partial charge in [0.2, 0.25) is 0 Å². The Bertz CT molecular complexity index is 146. The monoisotopic (exact) mass is 172 g/mol. The van der Waals surface area contributed by atoms with Gasteiger partial charge in [0, 0.05) is 0 Å². The number of hydrogen-bond donors (Lipinski definition) is 1. The molecule has 1 N–H and O–H groups in total. The minimum atomic E-state index is -0.603. The summed E-state index contributed by atoms with van der Waals surface area (Å²) in [5.41, 5.74) is 0.332. The summed E-state index contributed by atoms with van der Waals surface area (Å²) in [6.07, 6.45) is 3.46. The Labute approximate surface area is 75.5 Å². The van der Waals surface area contributed by atoms with Crippen molar-refractivity contribution in [3.63, 3.8) is 0 Å². The van der Waals surface area contributed by atoms with Gasteiger partial charge in [0.05, 0.1) is 0 Å². The smallest absolute Gasteiger partial charge is 0.119 e. The molecule has 0 fully saturated rings. The molecule has 0 heterocycles. The molecule has 0 radical (unpaired) electrons. The van der Waals surface area contributed by atoms with Crippen LogP contribution in [0.3, 0.4) is 0 Å². The SMILES string of the molecule is C=C/C=C(\C)C(C)(C)OO.CC. The first-order chi connectivity index (χ1) is 5.54. The first-order valence-corrected chi connectivity index (χ1v) is 4.17. The van der Waals surface area contributed by atoms with Crippen LogP contribution in [0.5, 0.6) is 0 Å². The number of rotatable bonds is 3. The highest BCUT2D eigenvalue weighted by molar-refractivity contribution is 5.16. The molecule has 0 bridgehead atoms. The molecule has 0 unspecified atom stereocenters. The molecule has 0 aliphatic heterocycles. The molecule has 0 rings (SSSR count). The Balaban J connectivity index is 0. The molecule has 0 spiro atoms. The second kappa shape index (κ2) is 7.07. The third-order valence-corrected chi connectivity index (χ3v) is 1.55. The van der Waals surface area contributed by atoms with E-state index in [1.165, 1.54) is 0 Å². The van der Waals surface area contributed by atoms with Gasteiger partial charge < -0.3 is 0 Å². The molecule has 0 aromatic rings. The summed E-state index contributed by atoms with van der Waals surface area (Å²) in [4.78, 5) is 4.24. The maximum Gasteiger partial charge on any atom is 0.119 e.